The van der Waals surface area contributed by atoms with Crippen molar-refractivity contribution in [2.24, 2.45) is 10.9 Å². The van der Waals surface area contributed by atoms with Crippen molar-refractivity contribution in [1.82, 2.24) is 15.5 Å². The lowest BCUT2D eigenvalue weighted by atomic mass is 10.1. The van der Waals surface area contributed by atoms with Gasteiger partial charge in [-0.15, -0.1) is 24.0 Å². The van der Waals surface area contributed by atoms with Gasteiger partial charge in [-0.05, 0) is 54.4 Å². The van der Waals surface area contributed by atoms with E-state index < -0.39 is 5.60 Å². The van der Waals surface area contributed by atoms with Crippen LogP contribution in [0.2, 0.25) is 0 Å². The highest BCUT2D eigenvalue weighted by molar-refractivity contribution is 14.0. The van der Waals surface area contributed by atoms with Crippen molar-refractivity contribution in [3.63, 3.8) is 0 Å². The first kappa shape index (κ1) is 25.5. The van der Waals surface area contributed by atoms with Crippen LogP contribution in [-0.4, -0.2) is 54.8 Å². The average molecular weight is 456 g/mol. The van der Waals surface area contributed by atoms with Gasteiger partial charge in [-0.3, -0.25) is 4.99 Å². The van der Waals surface area contributed by atoms with E-state index in [1.165, 1.54) is 0 Å². The van der Waals surface area contributed by atoms with Crippen LogP contribution in [0.3, 0.4) is 0 Å². The molecule has 0 aromatic rings. The number of nitrogens with one attached hydrogen (secondary N) is 2. The Morgan fingerprint density at radius 3 is 2.17 bits per heavy atom. The molecule has 24 heavy (non-hydrogen) atoms. The zero-order chi connectivity index (χ0) is 18.3. The van der Waals surface area contributed by atoms with Crippen LogP contribution in [0.15, 0.2) is 4.99 Å². The molecule has 144 valence electrons. The van der Waals surface area contributed by atoms with E-state index in [1.54, 1.807) is 11.9 Å². The molecule has 0 aromatic heterocycles. The van der Waals surface area contributed by atoms with Crippen molar-refractivity contribution in [3.05, 3.63) is 0 Å². The van der Waals surface area contributed by atoms with Gasteiger partial charge in [0.25, 0.3) is 0 Å². The van der Waals surface area contributed by atoms with Crippen LogP contribution in [0.25, 0.3) is 0 Å². The largest absolute Gasteiger partial charge is 0.444 e. The second-order valence-electron chi connectivity index (χ2n) is 8.06. The van der Waals surface area contributed by atoms with Gasteiger partial charge in [-0.1, -0.05) is 6.92 Å². The highest BCUT2D eigenvalue weighted by Gasteiger charge is 2.20. The third kappa shape index (κ3) is 13.7. The predicted molar refractivity (Wildman–Crippen MR) is 112 cm³/mol. The Morgan fingerprint density at radius 2 is 1.75 bits per heavy atom. The fourth-order valence-electron chi connectivity index (χ4n) is 1.85. The van der Waals surface area contributed by atoms with Crippen LogP contribution in [-0.2, 0) is 4.74 Å². The summed E-state index contributed by atoms with van der Waals surface area (Å²) in [5, 5.41) is 6.59. The maximum Gasteiger partial charge on any atom is 0.410 e. The number of halogens is 1. The molecule has 0 spiro atoms. The van der Waals surface area contributed by atoms with Gasteiger partial charge in [-0.2, -0.15) is 0 Å². The molecule has 1 unspecified atom stereocenters. The number of guanidine groups is 1. The summed E-state index contributed by atoms with van der Waals surface area (Å²) in [6.07, 6.45) is -0.298. The fourth-order valence-corrected chi connectivity index (χ4v) is 1.85. The van der Waals surface area contributed by atoms with Crippen molar-refractivity contribution in [3.8, 4) is 0 Å². The standard InChI is InChI=1S/C17H36N4O2.HI/c1-10-18-14(20-16(3,4)5)19-11-13(2)12-21(9)15(22)23-17(6,7)8;/h13H,10-12H2,1-9H3,(H2,18,19,20);1H. The lowest BCUT2D eigenvalue weighted by Crippen LogP contribution is -2.47. The van der Waals surface area contributed by atoms with Crippen molar-refractivity contribution in [2.75, 3.05) is 26.7 Å². The zero-order valence-corrected chi connectivity index (χ0v) is 19.1. The van der Waals surface area contributed by atoms with E-state index in [9.17, 15) is 4.79 Å². The summed E-state index contributed by atoms with van der Waals surface area (Å²) in [5.41, 5.74) is -0.515. The third-order valence-corrected chi connectivity index (χ3v) is 2.69. The number of hydrogen-bond acceptors (Lipinski definition) is 3. The van der Waals surface area contributed by atoms with Crippen LogP contribution in [0.1, 0.15) is 55.4 Å². The quantitative estimate of drug-likeness (QED) is 0.378. The number of nitrogens with zero attached hydrogens (tertiary/aromatic N) is 2. The van der Waals surface area contributed by atoms with Gasteiger partial charge >= 0.3 is 6.09 Å². The Labute approximate surface area is 165 Å². The van der Waals surface area contributed by atoms with Gasteiger partial charge in [-0.25, -0.2) is 4.79 Å². The van der Waals surface area contributed by atoms with E-state index in [2.05, 4.69) is 43.3 Å². The maximum atomic E-state index is 12.0. The molecular weight excluding hydrogens is 419 g/mol. The Balaban J connectivity index is 0. The molecule has 0 radical (unpaired) electrons. The topological polar surface area (TPSA) is 66.0 Å². The van der Waals surface area contributed by atoms with E-state index in [-0.39, 0.29) is 41.5 Å². The summed E-state index contributed by atoms with van der Waals surface area (Å²) in [7, 11) is 1.76. The van der Waals surface area contributed by atoms with Crippen LogP contribution in [0, 0.1) is 5.92 Å². The number of carbonyl (C=O) groups excluding carboxylic acids is 1. The first-order valence-corrected chi connectivity index (χ1v) is 8.34. The normalized spacial score (nSPS) is 13.6. The van der Waals surface area contributed by atoms with Gasteiger partial charge in [0.05, 0.1) is 0 Å². The van der Waals surface area contributed by atoms with Gasteiger partial charge in [0, 0.05) is 32.2 Å². The number of amides is 1. The highest BCUT2D eigenvalue weighted by Crippen LogP contribution is 2.10. The molecule has 6 nitrogen and oxygen atoms in total. The van der Waals surface area contributed by atoms with Crippen LogP contribution < -0.4 is 10.6 Å². The lowest BCUT2D eigenvalue weighted by molar-refractivity contribution is 0.0279. The number of ether oxygens (including phenoxy) is 1. The lowest BCUT2D eigenvalue weighted by Gasteiger charge is -2.26. The first-order chi connectivity index (χ1) is 10.3. The Hall–Kier alpha value is -0.730. The average Bonchev–Trinajstić information content (AvgIpc) is 2.32. The maximum absolute atomic E-state index is 12.0. The highest BCUT2D eigenvalue weighted by atomic mass is 127. The molecule has 0 heterocycles. The van der Waals surface area contributed by atoms with E-state index in [0.29, 0.717) is 13.1 Å². The smallest absolute Gasteiger partial charge is 0.410 e. The van der Waals surface area contributed by atoms with E-state index >= 15 is 0 Å². The van der Waals surface area contributed by atoms with Crippen LogP contribution in [0.4, 0.5) is 4.79 Å². The van der Waals surface area contributed by atoms with Gasteiger partial charge in [0.2, 0.25) is 0 Å². The molecule has 0 aliphatic carbocycles. The fraction of sp³-hybridized carbons (Fsp3) is 0.882. The third-order valence-electron chi connectivity index (χ3n) is 2.69. The number of hydrogen-bond donors (Lipinski definition) is 2. The van der Waals surface area contributed by atoms with Gasteiger partial charge in [0.15, 0.2) is 5.96 Å². The summed E-state index contributed by atoms with van der Waals surface area (Å²) < 4.78 is 5.36. The molecule has 0 saturated carbocycles. The monoisotopic (exact) mass is 456 g/mol. The molecule has 0 aliphatic heterocycles. The van der Waals surface area contributed by atoms with Crippen molar-refractivity contribution in [1.29, 1.82) is 0 Å². The Kier molecular flexibility index (Phi) is 11.7. The molecule has 0 aromatic carbocycles. The van der Waals surface area contributed by atoms with Crippen molar-refractivity contribution < 1.29 is 9.53 Å². The Morgan fingerprint density at radius 1 is 1.21 bits per heavy atom. The van der Waals surface area contributed by atoms with E-state index in [1.807, 2.05) is 27.7 Å². The Bertz CT molecular complexity index is 400. The summed E-state index contributed by atoms with van der Waals surface area (Å²) in [6, 6.07) is 0. The second kappa shape index (κ2) is 11.0. The number of aliphatic imine (C=N–C) groups is 1. The SMILES string of the molecule is CCNC(=NCC(C)CN(C)C(=O)OC(C)(C)C)NC(C)(C)C.I. The molecule has 0 saturated heterocycles. The molecule has 7 heteroatoms. The zero-order valence-electron chi connectivity index (χ0n) is 16.8. The summed E-state index contributed by atoms with van der Waals surface area (Å²) >= 11 is 0. The summed E-state index contributed by atoms with van der Waals surface area (Å²) in [4.78, 5) is 18.2. The van der Waals surface area contributed by atoms with Crippen LogP contribution in [0.5, 0.6) is 0 Å². The second-order valence-corrected chi connectivity index (χ2v) is 8.06. The molecule has 0 bridgehead atoms. The van der Waals surface area contributed by atoms with Crippen molar-refractivity contribution in [2.45, 2.75) is 66.5 Å². The number of carbonyl (C=O) groups is 1. The minimum atomic E-state index is -0.471. The van der Waals surface area contributed by atoms with Gasteiger partial charge in [0.1, 0.15) is 5.60 Å². The molecule has 0 fully saturated rings. The molecule has 0 aliphatic rings. The minimum absolute atomic E-state index is 0. The molecule has 2 N–H and O–H groups in total. The summed E-state index contributed by atoms with van der Waals surface area (Å²) in [6.45, 7) is 18.1. The minimum Gasteiger partial charge on any atom is -0.444 e. The van der Waals surface area contributed by atoms with E-state index in [0.717, 1.165) is 12.5 Å². The van der Waals surface area contributed by atoms with E-state index in [4.69, 9.17) is 4.74 Å². The molecule has 0 rings (SSSR count). The summed E-state index contributed by atoms with van der Waals surface area (Å²) in [5.74, 6) is 1.04. The molecule has 1 atom stereocenters. The number of rotatable bonds is 5. The van der Waals surface area contributed by atoms with Gasteiger partial charge < -0.3 is 20.3 Å². The molecule has 1 amide bonds. The first-order valence-electron chi connectivity index (χ1n) is 8.34. The molecular formula is C17H37IN4O2. The van der Waals surface area contributed by atoms with Crippen molar-refractivity contribution >= 4 is 36.0 Å². The predicted octanol–water partition coefficient (Wildman–Crippen LogP) is 3.46. The van der Waals surface area contributed by atoms with Crippen LogP contribution >= 0.6 is 24.0 Å².